The minimum absolute atomic E-state index is 0.0504. The van der Waals surface area contributed by atoms with E-state index in [9.17, 15) is 19.8 Å². The Kier molecular flexibility index (Phi) is 3.35. The molecule has 0 unspecified atom stereocenters. The number of H-pyrrole nitrogens is 1. The molecule has 3 rings (SSSR count). The number of aromatic carboxylic acids is 1. The normalized spacial score (nSPS) is 24.9. The van der Waals surface area contributed by atoms with E-state index in [-0.39, 0.29) is 35.6 Å². The number of carbonyl (C=O) groups is 1. The van der Waals surface area contributed by atoms with Gasteiger partial charge in [0.05, 0.1) is 23.7 Å². The summed E-state index contributed by atoms with van der Waals surface area (Å²) in [6, 6.07) is 0. The number of nitrogens with two attached hydrogens (primary N) is 1. The number of carboxylic acids is 1. The Hall–Kier alpha value is -2.43. The molecule has 2 aromatic rings. The van der Waals surface area contributed by atoms with Crippen molar-refractivity contribution >= 4 is 23.0 Å². The smallest absolute Gasteiger partial charge is 0.338 e. The first-order valence-electron chi connectivity index (χ1n) is 6.50. The fraction of sp³-hybridized carbons (Fsp3) is 0.417. The van der Waals surface area contributed by atoms with E-state index >= 15 is 0 Å². The van der Waals surface area contributed by atoms with Crippen LogP contribution in [-0.4, -0.2) is 54.6 Å². The summed E-state index contributed by atoms with van der Waals surface area (Å²) in [6.07, 6.45) is -1.10. The maximum absolute atomic E-state index is 12.0. The third-order valence-electron chi connectivity index (χ3n) is 3.63. The summed E-state index contributed by atoms with van der Waals surface area (Å²) < 4.78 is 6.80. The topological polar surface area (TPSA) is 164 Å². The summed E-state index contributed by atoms with van der Waals surface area (Å²) in [5, 5.41) is 28.0. The SMILES string of the molecule is Nc1nc2c(c(C(=O)O)cn2[C@H]2C[C@H](O)[C@@H](CO)O2)c(=O)[nH]1. The largest absolute Gasteiger partial charge is 0.478 e. The average molecular weight is 310 g/mol. The number of rotatable bonds is 3. The molecule has 10 nitrogen and oxygen atoms in total. The van der Waals surface area contributed by atoms with Crippen LogP contribution in [0.15, 0.2) is 11.0 Å². The lowest BCUT2D eigenvalue weighted by Crippen LogP contribution is -2.24. The van der Waals surface area contributed by atoms with Crippen molar-refractivity contribution < 1.29 is 24.9 Å². The first-order chi connectivity index (χ1) is 10.4. The van der Waals surface area contributed by atoms with Crippen LogP contribution in [0.4, 0.5) is 5.95 Å². The van der Waals surface area contributed by atoms with E-state index in [1.54, 1.807) is 0 Å². The number of anilines is 1. The molecular formula is C12H14N4O6. The van der Waals surface area contributed by atoms with Gasteiger partial charge in [0.15, 0.2) is 5.65 Å². The molecular weight excluding hydrogens is 296 g/mol. The number of aliphatic hydroxyl groups excluding tert-OH is 2. The van der Waals surface area contributed by atoms with Gasteiger partial charge in [-0.05, 0) is 0 Å². The molecule has 1 saturated heterocycles. The average Bonchev–Trinajstić information content (AvgIpc) is 2.99. The highest BCUT2D eigenvalue weighted by Crippen LogP contribution is 2.32. The number of nitrogen functional groups attached to an aromatic ring is 1. The number of hydrogen-bond donors (Lipinski definition) is 5. The third-order valence-corrected chi connectivity index (χ3v) is 3.63. The fourth-order valence-electron chi connectivity index (χ4n) is 2.60. The molecule has 3 atom stereocenters. The van der Waals surface area contributed by atoms with E-state index in [1.807, 2.05) is 0 Å². The molecule has 10 heteroatoms. The van der Waals surface area contributed by atoms with Crippen LogP contribution in [-0.2, 0) is 4.74 Å². The lowest BCUT2D eigenvalue weighted by molar-refractivity contribution is -0.0430. The molecule has 0 aliphatic carbocycles. The number of carboxylic acid groups (broad SMARTS) is 1. The van der Waals surface area contributed by atoms with Crippen molar-refractivity contribution in [2.75, 3.05) is 12.3 Å². The standard InChI is InChI=1S/C12H14N4O6/c13-12-14-9-8(10(19)15-12)4(11(20)21)2-16(9)7-1-5(18)6(3-17)22-7/h2,5-7,17-18H,1,3H2,(H,20,21)(H3,13,14,15,19)/t5-,6+,7+/m0/s1. The Labute approximate surface area is 122 Å². The molecule has 0 spiro atoms. The number of ether oxygens (including phenoxy) is 1. The molecule has 118 valence electrons. The molecule has 1 aliphatic rings. The van der Waals surface area contributed by atoms with Crippen molar-refractivity contribution in [3.8, 4) is 0 Å². The maximum atomic E-state index is 12.0. The molecule has 0 aromatic carbocycles. The van der Waals surface area contributed by atoms with Crippen LogP contribution in [0.5, 0.6) is 0 Å². The van der Waals surface area contributed by atoms with Gasteiger partial charge in [0.2, 0.25) is 5.95 Å². The number of aliphatic hydroxyl groups is 2. The van der Waals surface area contributed by atoms with Crippen LogP contribution >= 0.6 is 0 Å². The van der Waals surface area contributed by atoms with Crippen molar-refractivity contribution in [3.05, 3.63) is 22.1 Å². The predicted octanol–water partition coefficient (Wildman–Crippen LogP) is -1.35. The molecule has 3 heterocycles. The summed E-state index contributed by atoms with van der Waals surface area (Å²) in [6.45, 7) is -0.376. The van der Waals surface area contributed by atoms with E-state index in [0.717, 1.165) is 0 Å². The number of hydrogen-bond acceptors (Lipinski definition) is 7. The number of aromatic amines is 1. The van der Waals surface area contributed by atoms with Crippen molar-refractivity contribution in [2.24, 2.45) is 0 Å². The van der Waals surface area contributed by atoms with Gasteiger partial charge in [-0.1, -0.05) is 0 Å². The zero-order chi connectivity index (χ0) is 16.0. The Bertz CT molecular complexity index is 797. The fourth-order valence-corrected chi connectivity index (χ4v) is 2.60. The Morgan fingerprint density at radius 2 is 2.32 bits per heavy atom. The lowest BCUT2D eigenvalue weighted by Gasteiger charge is -2.14. The molecule has 0 saturated carbocycles. The van der Waals surface area contributed by atoms with E-state index in [2.05, 4.69) is 9.97 Å². The second-order valence-electron chi connectivity index (χ2n) is 5.02. The zero-order valence-corrected chi connectivity index (χ0v) is 11.3. The van der Waals surface area contributed by atoms with Crippen LogP contribution in [0, 0.1) is 0 Å². The second-order valence-corrected chi connectivity index (χ2v) is 5.02. The molecule has 1 fully saturated rings. The van der Waals surface area contributed by atoms with Crippen molar-refractivity contribution in [2.45, 2.75) is 24.9 Å². The highest BCUT2D eigenvalue weighted by atomic mass is 16.5. The third kappa shape index (κ3) is 2.13. The lowest BCUT2D eigenvalue weighted by atomic mass is 10.2. The molecule has 0 radical (unpaired) electrons. The minimum atomic E-state index is -1.29. The number of fused-ring (bicyclic) bond motifs is 1. The van der Waals surface area contributed by atoms with Gasteiger partial charge in [0.25, 0.3) is 5.56 Å². The van der Waals surface area contributed by atoms with Gasteiger partial charge in [0, 0.05) is 12.6 Å². The Morgan fingerprint density at radius 1 is 1.59 bits per heavy atom. The summed E-state index contributed by atoms with van der Waals surface area (Å²) >= 11 is 0. The van der Waals surface area contributed by atoms with E-state index in [1.165, 1.54) is 10.8 Å². The van der Waals surface area contributed by atoms with Crippen molar-refractivity contribution in [3.63, 3.8) is 0 Å². The molecule has 1 aliphatic heterocycles. The van der Waals surface area contributed by atoms with Gasteiger partial charge >= 0.3 is 5.97 Å². The van der Waals surface area contributed by atoms with Gasteiger partial charge in [0.1, 0.15) is 12.3 Å². The van der Waals surface area contributed by atoms with Crippen molar-refractivity contribution in [1.82, 2.24) is 14.5 Å². The Balaban J connectivity index is 2.19. The van der Waals surface area contributed by atoms with Crippen molar-refractivity contribution in [1.29, 1.82) is 0 Å². The number of aromatic nitrogens is 3. The van der Waals surface area contributed by atoms with E-state index in [0.29, 0.717) is 0 Å². The molecule has 0 amide bonds. The molecule has 6 N–H and O–H groups in total. The number of nitrogens with one attached hydrogen (secondary N) is 1. The van der Waals surface area contributed by atoms with Gasteiger partial charge in [-0.3, -0.25) is 9.78 Å². The Morgan fingerprint density at radius 3 is 2.91 bits per heavy atom. The van der Waals surface area contributed by atoms with Crippen LogP contribution in [0.1, 0.15) is 23.0 Å². The van der Waals surface area contributed by atoms with E-state index in [4.69, 9.17) is 15.6 Å². The quantitative estimate of drug-likeness (QED) is 0.464. The van der Waals surface area contributed by atoms with Gasteiger partial charge in [-0.15, -0.1) is 0 Å². The highest BCUT2D eigenvalue weighted by molar-refractivity contribution is 6.02. The van der Waals surface area contributed by atoms with Crippen LogP contribution in [0.2, 0.25) is 0 Å². The zero-order valence-electron chi connectivity index (χ0n) is 11.3. The predicted molar refractivity (Wildman–Crippen MR) is 73.3 cm³/mol. The van der Waals surface area contributed by atoms with Crippen LogP contribution in [0.25, 0.3) is 11.0 Å². The van der Waals surface area contributed by atoms with Gasteiger partial charge in [-0.25, -0.2) is 4.79 Å². The van der Waals surface area contributed by atoms with E-state index < -0.39 is 30.0 Å². The first-order valence-corrected chi connectivity index (χ1v) is 6.50. The molecule has 0 bridgehead atoms. The van der Waals surface area contributed by atoms with Crippen LogP contribution in [0.3, 0.4) is 0 Å². The van der Waals surface area contributed by atoms with Gasteiger partial charge < -0.3 is 30.4 Å². The highest BCUT2D eigenvalue weighted by Gasteiger charge is 2.36. The summed E-state index contributed by atoms with van der Waals surface area (Å²) in [5.74, 6) is -1.45. The summed E-state index contributed by atoms with van der Waals surface area (Å²) in [5.41, 5.74) is 4.64. The molecule has 22 heavy (non-hydrogen) atoms. The summed E-state index contributed by atoms with van der Waals surface area (Å²) in [7, 11) is 0. The maximum Gasteiger partial charge on any atom is 0.338 e. The minimum Gasteiger partial charge on any atom is -0.478 e. The van der Waals surface area contributed by atoms with Gasteiger partial charge in [-0.2, -0.15) is 4.98 Å². The van der Waals surface area contributed by atoms with Crippen LogP contribution < -0.4 is 11.3 Å². The molecule has 2 aromatic heterocycles. The number of nitrogens with zero attached hydrogens (tertiary/aromatic N) is 2. The monoisotopic (exact) mass is 310 g/mol. The summed E-state index contributed by atoms with van der Waals surface area (Å²) in [4.78, 5) is 29.5. The first kappa shape index (κ1) is 14.5. The second kappa shape index (κ2) is 5.09.